The molecule has 112 valence electrons. The molecule has 0 radical (unpaired) electrons. The van der Waals surface area contributed by atoms with E-state index in [1.807, 2.05) is 0 Å². The Morgan fingerprint density at radius 2 is 2.33 bits per heavy atom. The normalized spacial score (nSPS) is 11.5. The van der Waals surface area contributed by atoms with Gasteiger partial charge in [-0.25, -0.2) is 0 Å². The van der Waals surface area contributed by atoms with Crippen molar-refractivity contribution in [1.29, 1.82) is 0 Å². The largest absolute Gasteiger partial charge is 0.495 e. The van der Waals surface area contributed by atoms with E-state index in [1.165, 1.54) is 0 Å². The smallest absolute Gasteiger partial charge is 0.228 e. The minimum Gasteiger partial charge on any atom is -0.495 e. The summed E-state index contributed by atoms with van der Waals surface area (Å²) in [5.74, 6) is 2.03. The molecule has 0 aliphatic rings. The SMILES string of the molecule is COc1ccc(NC(N)=NCCc2nc(C)no2)cc1Cl. The van der Waals surface area contributed by atoms with Crippen molar-refractivity contribution in [3.8, 4) is 5.75 Å². The van der Waals surface area contributed by atoms with E-state index in [0.717, 1.165) is 5.69 Å². The number of aromatic nitrogens is 2. The first kappa shape index (κ1) is 15.1. The molecule has 0 unspecified atom stereocenters. The lowest BCUT2D eigenvalue weighted by Gasteiger charge is -2.08. The Bertz CT molecular complexity index is 641. The molecule has 0 spiro atoms. The maximum absolute atomic E-state index is 6.03. The van der Waals surface area contributed by atoms with E-state index in [1.54, 1.807) is 32.2 Å². The van der Waals surface area contributed by atoms with Gasteiger partial charge in [0.05, 0.1) is 18.7 Å². The van der Waals surface area contributed by atoms with Gasteiger partial charge >= 0.3 is 0 Å². The summed E-state index contributed by atoms with van der Waals surface area (Å²) in [4.78, 5) is 8.26. The third-order valence-corrected chi connectivity index (χ3v) is 2.90. The molecule has 0 fully saturated rings. The van der Waals surface area contributed by atoms with Crippen molar-refractivity contribution in [3.63, 3.8) is 0 Å². The van der Waals surface area contributed by atoms with Crippen LogP contribution in [0.3, 0.4) is 0 Å². The lowest BCUT2D eigenvalue weighted by molar-refractivity contribution is 0.376. The Kier molecular flexibility index (Phi) is 4.99. The Morgan fingerprint density at radius 3 is 2.95 bits per heavy atom. The van der Waals surface area contributed by atoms with E-state index in [9.17, 15) is 0 Å². The summed E-state index contributed by atoms with van der Waals surface area (Å²) in [6, 6.07) is 5.26. The summed E-state index contributed by atoms with van der Waals surface area (Å²) in [6.45, 7) is 2.21. The first-order chi connectivity index (χ1) is 10.1. The first-order valence-electron chi connectivity index (χ1n) is 6.28. The maximum atomic E-state index is 6.03. The van der Waals surface area contributed by atoms with Gasteiger partial charge in [-0.2, -0.15) is 4.98 Å². The molecule has 2 aromatic rings. The second-order valence-corrected chi connectivity index (χ2v) is 4.63. The molecule has 3 N–H and O–H groups in total. The lowest BCUT2D eigenvalue weighted by atomic mass is 10.3. The molecule has 0 bridgehead atoms. The van der Waals surface area contributed by atoms with Crippen LogP contribution in [-0.2, 0) is 6.42 Å². The second kappa shape index (κ2) is 6.94. The Morgan fingerprint density at radius 1 is 1.52 bits per heavy atom. The van der Waals surface area contributed by atoms with Gasteiger partial charge in [0.2, 0.25) is 5.89 Å². The van der Waals surface area contributed by atoms with Crippen LogP contribution >= 0.6 is 11.6 Å². The van der Waals surface area contributed by atoms with Crippen molar-refractivity contribution < 1.29 is 9.26 Å². The highest BCUT2D eigenvalue weighted by Gasteiger charge is 2.04. The molecular weight excluding hydrogens is 294 g/mol. The highest BCUT2D eigenvalue weighted by atomic mass is 35.5. The first-order valence-corrected chi connectivity index (χ1v) is 6.66. The molecule has 0 saturated carbocycles. The van der Waals surface area contributed by atoms with E-state index in [2.05, 4.69) is 20.4 Å². The highest BCUT2D eigenvalue weighted by Crippen LogP contribution is 2.26. The number of methoxy groups -OCH3 is 1. The van der Waals surface area contributed by atoms with Gasteiger partial charge in [-0.05, 0) is 25.1 Å². The molecule has 0 aliphatic heterocycles. The van der Waals surface area contributed by atoms with Crippen LogP contribution in [0.2, 0.25) is 5.02 Å². The van der Waals surface area contributed by atoms with E-state index in [-0.39, 0.29) is 5.96 Å². The monoisotopic (exact) mass is 309 g/mol. The third kappa shape index (κ3) is 4.35. The van der Waals surface area contributed by atoms with E-state index in [4.69, 9.17) is 26.6 Å². The molecule has 0 saturated heterocycles. The molecule has 0 aliphatic carbocycles. The zero-order valence-corrected chi connectivity index (χ0v) is 12.5. The predicted molar refractivity (Wildman–Crippen MR) is 80.9 cm³/mol. The summed E-state index contributed by atoms with van der Waals surface area (Å²) in [6.07, 6.45) is 0.534. The summed E-state index contributed by atoms with van der Waals surface area (Å²) in [5.41, 5.74) is 6.53. The van der Waals surface area contributed by atoms with Crippen LogP contribution < -0.4 is 15.8 Å². The summed E-state index contributed by atoms with van der Waals surface area (Å²) in [5, 5.41) is 7.14. The van der Waals surface area contributed by atoms with Gasteiger partial charge in [-0.3, -0.25) is 4.99 Å². The molecular formula is C13H16ClN5O2. The molecule has 0 amide bonds. The molecule has 21 heavy (non-hydrogen) atoms. The quantitative estimate of drug-likeness (QED) is 0.647. The van der Waals surface area contributed by atoms with Gasteiger partial charge in [0.1, 0.15) is 5.75 Å². The second-order valence-electron chi connectivity index (χ2n) is 4.23. The van der Waals surface area contributed by atoms with Gasteiger partial charge in [-0.1, -0.05) is 16.8 Å². The van der Waals surface area contributed by atoms with E-state index < -0.39 is 0 Å². The number of nitrogens with two attached hydrogens (primary N) is 1. The lowest BCUT2D eigenvalue weighted by Crippen LogP contribution is -2.23. The predicted octanol–water partition coefficient (Wildman–Crippen LogP) is 2.01. The molecule has 8 heteroatoms. The van der Waals surface area contributed by atoms with Gasteiger partial charge < -0.3 is 20.3 Å². The van der Waals surface area contributed by atoms with Gasteiger partial charge in [0.25, 0.3) is 0 Å². The Balaban J connectivity index is 1.89. The summed E-state index contributed by atoms with van der Waals surface area (Å²) >= 11 is 6.03. The number of nitrogens with zero attached hydrogens (tertiary/aromatic N) is 3. The number of guanidine groups is 1. The fourth-order valence-electron chi connectivity index (χ4n) is 1.65. The van der Waals surface area contributed by atoms with Crippen molar-refractivity contribution in [2.75, 3.05) is 19.0 Å². The maximum Gasteiger partial charge on any atom is 0.228 e. The standard InChI is InChI=1S/C13H16ClN5O2/c1-8-17-12(21-19-8)5-6-16-13(15)18-9-3-4-11(20-2)10(14)7-9/h3-4,7H,5-6H2,1-2H3,(H3,15,16,18). The number of hydrogen-bond acceptors (Lipinski definition) is 5. The fourth-order valence-corrected chi connectivity index (χ4v) is 1.90. The van der Waals surface area contributed by atoms with Crippen molar-refractivity contribution >= 4 is 23.2 Å². The van der Waals surface area contributed by atoms with Crippen molar-refractivity contribution in [2.24, 2.45) is 10.7 Å². The van der Waals surface area contributed by atoms with Crippen LogP contribution in [0, 0.1) is 6.92 Å². The number of nitrogens with one attached hydrogen (secondary N) is 1. The van der Waals surface area contributed by atoms with E-state index in [0.29, 0.717) is 35.5 Å². The number of rotatable bonds is 5. The van der Waals surface area contributed by atoms with Crippen molar-refractivity contribution in [2.45, 2.75) is 13.3 Å². The summed E-state index contributed by atoms with van der Waals surface area (Å²) in [7, 11) is 1.56. The number of hydrogen-bond donors (Lipinski definition) is 2. The minimum atomic E-state index is 0.285. The van der Waals surface area contributed by atoms with Crippen LogP contribution in [0.4, 0.5) is 5.69 Å². The number of anilines is 1. The van der Waals surface area contributed by atoms with Crippen molar-refractivity contribution in [3.05, 3.63) is 34.9 Å². The number of aliphatic imine (C=N–C) groups is 1. The average Bonchev–Trinajstić information content (AvgIpc) is 2.84. The number of aryl methyl sites for hydroxylation is 1. The Hall–Kier alpha value is -2.28. The van der Waals surface area contributed by atoms with Crippen LogP contribution in [-0.4, -0.2) is 29.8 Å². The van der Waals surface area contributed by atoms with Crippen molar-refractivity contribution in [1.82, 2.24) is 10.1 Å². The molecule has 7 nitrogen and oxygen atoms in total. The van der Waals surface area contributed by atoms with Crippen LogP contribution in [0.1, 0.15) is 11.7 Å². The fraction of sp³-hybridized carbons (Fsp3) is 0.308. The highest BCUT2D eigenvalue weighted by molar-refractivity contribution is 6.32. The van der Waals surface area contributed by atoms with Gasteiger partial charge in [-0.15, -0.1) is 0 Å². The Labute approximate surface area is 127 Å². The molecule has 1 heterocycles. The van der Waals surface area contributed by atoms with Gasteiger partial charge in [0.15, 0.2) is 11.8 Å². The molecule has 0 atom stereocenters. The molecule has 2 rings (SSSR count). The number of benzene rings is 1. The van der Waals surface area contributed by atoms with Crippen LogP contribution in [0.5, 0.6) is 5.75 Å². The van der Waals surface area contributed by atoms with Gasteiger partial charge in [0, 0.05) is 12.1 Å². The van der Waals surface area contributed by atoms with Crippen LogP contribution in [0.25, 0.3) is 0 Å². The zero-order valence-electron chi connectivity index (χ0n) is 11.8. The number of halogens is 1. The van der Waals surface area contributed by atoms with Crippen LogP contribution in [0.15, 0.2) is 27.7 Å². The minimum absolute atomic E-state index is 0.285. The van der Waals surface area contributed by atoms with E-state index >= 15 is 0 Å². The third-order valence-electron chi connectivity index (χ3n) is 2.60. The zero-order chi connectivity index (χ0) is 15.2. The average molecular weight is 310 g/mol. The molecule has 1 aromatic heterocycles. The summed E-state index contributed by atoms with van der Waals surface area (Å²) < 4.78 is 10.1. The topological polar surface area (TPSA) is 98.6 Å². The number of ether oxygens (including phenoxy) is 1. The molecule has 1 aromatic carbocycles.